The highest BCUT2D eigenvalue weighted by atomic mass is 35.5. The summed E-state index contributed by atoms with van der Waals surface area (Å²) in [6.45, 7) is 0.991. The Morgan fingerprint density at radius 2 is 1.90 bits per heavy atom. The summed E-state index contributed by atoms with van der Waals surface area (Å²) in [5.41, 5.74) is 9.24. The number of anilines is 3. The molecule has 1 unspecified atom stereocenters. The molecule has 0 spiro atoms. The van der Waals surface area contributed by atoms with Gasteiger partial charge in [0, 0.05) is 23.5 Å². The molecule has 8 nitrogen and oxygen atoms in total. The molecule has 0 bridgehead atoms. The Hall–Kier alpha value is -4.20. The van der Waals surface area contributed by atoms with Gasteiger partial charge in [0.15, 0.2) is 6.04 Å². The number of benzene rings is 1. The van der Waals surface area contributed by atoms with Crippen LogP contribution in [0.5, 0.6) is 5.75 Å². The third kappa shape index (κ3) is 4.54. The van der Waals surface area contributed by atoms with Gasteiger partial charge in [-0.2, -0.15) is 26.3 Å². The number of nitrogens with zero attached hydrogens (tertiary/aromatic N) is 4. The number of nitrogen functional groups attached to an aromatic ring is 2. The maximum absolute atomic E-state index is 14.5. The van der Waals surface area contributed by atoms with E-state index in [0.29, 0.717) is 0 Å². The Kier molecular flexibility index (Phi) is 6.24. The molecular weight excluding hydrogens is 552 g/mol. The van der Waals surface area contributed by atoms with Gasteiger partial charge in [0.25, 0.3) is 0 Å². The predicted octanol–water partition coefficient (Wildman–Crippen LogP) is 5.89. The van der Waals surface area contributed by atoms with Crippen LogP contribution in [0.4, 0.5) is 43.7 Å². The average molecular weight is 570 g/mol. The molecule has 1 aromatic carbocycles. The molecule has 1 atom stereocenters. The van der Waals surface area contributed by atoms with E-state index in [9.17, 15) is 26.3 Å². The molecule has 4 heterocycles. The third-order valence-corrected chi connectivity index (χ3v) is 6.52. The van der Waals surface area contributed by atoms with E-state index in [-0.39, 0.29) is 62.9 Å². The molecule has 0 amide bonds. The maximum atomic E-state index is 14.5. The van der Waals surface area contributed by atoms with Gasteiger partial charge in [-0.1, -0.05) is 17.7 Å². The first-order valence-electron chi connectivity index (χ1n) is 11.2. The number of aryl methyl sites for hydroxylation is 1. The first kappa shape index (κ1) is 26.4. The molecule has 0 radical (unpaired) electrons. The number of pyridine rings is 2. The number of alkyl halides is 6. The molecule has 0 fully saturated rings. The van der Waals surface area contributed by atoms with Crippen LogP contribution < -0.4 is 21.5 Å². The van der Waals surface area contributed by atoms with Crippen molar-refractivity contribution in [3.63, 3.8) is 0 Å². The second kappa shape index (κ2) is 9.22. The van der Waals surface area contributed by atoms with Crippen LogP contribution in [0.3, 0.4) is 0 Å². The van der Waals surface area contributed by atoms with Crippen LogP contribution in [0, 0.1) is 6.92 Å². The van der Waals surface area contributed by atoms with Gasteiger partial charge in [0.2, 0.25) is 0 Å². The molecule has 39 heavy (non-hydrogen) atoms. The quantitative estimate of drug-likeness (QED) is 0.337. The highest BCUT2D eigenvalue weighted by Gasteiger charge is 2.48. The largest absolute Gasteiger partial charge is 0.463 e. The highest BCUT2D eigenvalue weighted by Crippen LogP contribution is 2.49. The van der Waals surface area contributed by atoms with Crippen LogP contribution in [0.15, 0.2) is 47.9 Å². The Balaban J connectivity index is 1.73. The van der Waals surface area contributed by atoms with Gasteiger partial charge in [-0.05, 0) is 30.7 Å². The fraction of sp³-hybridized carbons (Fsp3) is 0.208. The number of aromatic nitrogens is 2. The van der Waals surface area contributed by atoms with Crippen molar-refractivity contribution in [3.8, 4) is 17.0 Å². The van der Waals surface area contributed by atoms with Crippen LogP contribution in [0.2, 0.25) is 5.02 Å². The van der Waals surface area contributed by atoms with Crippen molar-refractivity contribution in [2.24, 2.45) is 4.99 Å². The fourth-order valence-corrected chi connectivity index (χ4v) is 4.92. The van der Waals surface area contributed by atoms with Gasteiger partial charge in [0.05, 0.1) is 27.5 Å². The van der Waals surface area contributed by atoms with Crippen LogP contribution in [0.1, 0.15) is 28.3 Å². The zero-order chi connectivity index (χ0) is 28.3. The van der Waals surface area contributed by atoms with Crippen molar-refractivity contribution in [2.45, 2.75) is 25.3 Å². The van der Waals surface area contributed by atoms with Gasteiger partial charge < -0.3 is 26.4 Å². The number of aliphatic imine (C=N–C) groups is 1. The lowest BCUT2D eigenvalue weighted by molar-refractivity contribution is -0.170. The summed E-state index contributed by atoms with van der Waals surface area (Å²) in [7, 11) is 0. The number of ether oxygens (including phenoxy) is 1. The Labute approximate surface area is 221 Å². The van der Waals surface area contributed by atoms with E-state index < -0.39 is 29.7 Å². The Bertz CT molecular complexity index is 1540. The monoisotopic (exact) mass is 569 g/mol. The minimum atomic E-state index is -4.85. The summed E-state index contributed by atoms with van der Waals surface area (Å²) >= 11 is 6.61. The molecule has 5 N–H and O–H groups in total. The predicted molar refractivity (Wildman–Crippen MR) is 133 cm³/mol. The lowest BCUT2D eigenvalue weighted by Crippen LogP contribution is -2.41. The first-order chi connectivity index (χ1) is 18.3. The number of hydrogen-bond donors (Lipinski definition) is 3. The summed E-state index contributed by atoms with van der Waals surface area (Å²) in [5, 5.41) is 2.60. The minimum absolute atomic E-state index is 0.00546. The van der Waals surface area contributed by atoms with Crippen molar-refractivity contribution in [3.05, 3.63) is 70.2 Å². The van der Waals surface area contributed by atoms with Gasteiger partial charge in [-0.25, -0.2) is 15.0 Å². The van der Waals surface area contributed by atoms with Gasteiger partial charge in [-0.15, -0.1) is 0 Å². The van der Waals surface area contributed by atoms with Crippen molar-refractivity contribution < 1.29 is 31.1 Å². The Morgan fingerprint density at radius 1 is 1.15 bits per heavy atom. The SMILES string of the molecule is Cc1cc(N)nc(-c2cc3c4c(c2Cl)NCN=C4N(C(c2cccnc2N)C(F)(F)F)C=CO3)c1C(F)(F)F. The van der Waals surface area contributed by atoms with E-state index in [0.717, 1.165) is 29.5 Å². The van der Waals surface area contributed by atoms with Gasteiger partial charge in [-0.3, -0.25) is 0 Å². The summed E-state index contributed by atoms with van der Waals surface area (Å²) in [6.07, 6.45) is -6.44. The molecule has 2 aliphatic rings. The molecule has 0 aliphatic carbocycles. The number of halogens is 7. The molecule has 204 valence electrons. The summed E-state index contributed by atoms with van der Waals surface area (Å²) in [4.78, 5) is 12.7. The number of nitrogens with two attached hydrogens (primary N) is 2. The molecule has 2 aliphatic heterocycles. The molecule has 5 rings (SSSR count). The number of rotatable bonds is 3. The van der Waals surface area contributed by atoms with Crippen molar-refractivity contribution in [1.29, 1.82) is 0 Å². The second-order valence-corrected chi connectivity index (χ2v) is 9.00. The molecule has 0 saturated heterocycles. The number of hydrogen-bond acceptors (Lipinski definition) is 8. The van der Waals surface area contributed by atoms with Gasteiger partial charge in [0.1, 0.15) is 36.2 Å². The lowest BCUT2D eigenvalue weighted by atomic mass is 9.96. The summed E-state index contributed by atoms with van der Waals surface area (Å²) < 4.78 is 91.1. The van der Waals surface area contributed by atoms with Crippen molar-refractivity contribution in [2.75, 3.05) is 23.5 Å². The molecular formula is C24H18ClF6N7O. The normalized spacial score (nSPS) is 15.6. The van der Waals surface area contributed by atoms with Crippen molar-refractivity contribution in [1.82, 2.24) is 14.9 Å². The molecule has 0 saturated carbocycles. The summed E-state index contributed by atoms with van der Waals surface area (Å²) in [5.74, 6) is -0.826. The standard InChI is InChI=1S/C24H18ClF6N7O/c1-10-7-14(32)37-18(16(10)23(26,27)28)12-8-13-15-19(17(12)25)35-9-36-22(15)38(5-6-39-13)20(24(29,30)31)11-3-2-4-34-21(11)33/h2-8,20,35H,9H2,1H3,(H2,32,37)(H2,33,34). The maximum Gasteiger partial charge on any atom is 0.418 e. The van der Waals surface area contributed by atoms with Crippen LogP contribution in [0.25, 0.3) is 11.3 Å². The zero-order valence-corrected chi connectivity index (χ0v) is 20.6. The Morgan fingerprint density at radius 3 is 2.56 bits per heavy atom. The molecule has 15 heteroatoms. The van der Waals surface area contributed by atoms with Gasteiger partial charge >= 0.3 is 12.4 Å². The van der Waals surface area contributed by atoms with E-state index in [1.54, 1.807) is 0 Å². The van der Waals surface area contributed by atoms with Crippen LogP contribution in [-0.2, 0) is 6.18 Å². The average Bonchev–Trinajstić information content (AvgIpc) is 3.00. The van der Waals surface area contributed by atoms with Crippen molar-refractivity contribution >= 4 is 34.8 Å². The molecule has 2 aromatic heterocycles. The topological polar surface area (TPSA) is 115 Å². The van der Waals surface area contributed by atoms with E-state index >= 15 is 0 Å². The van der Waals surface area contributed by atoms with E-state index in [1.165, 1.54) is 25.3 Å². The van der Waals surface area contributed by atoms with E-state index in [1.807, 2.05) is 0 Å². The number of nitrogens with one attached hydrogen (secondary N) is 1. The fourth-order valence-electron chi connectivity index (χ4n) is 4.61. The first-order valence-corrected chi connectivity index (χ1v) is 11.6. The number of amidine groups is 1. The van der Waals surface area contributed by atoms with Crippen LogP contribution >= 0.6 is 11.6 Å². The van der Waals surface area contributed by atoms with E-state index in [4.69, 9.17) is 27.8 Å². The van der Waals surface area contributed by atoms with E-state index in [2.05, 4.69) is 20.3 Å². The minimum Gasteiger partial charge on any atom is -0.463 e. The third-order valence-electron chi connectivity index (χ3n) is 6.13. The zero-order valence-electron chi connectivity index (χ0n) is 19.8. The second-order valence-electron chi connectivity index (χ2n) is 8.62. The highest BCUT2D eigenvalue weighted by molar-refractivity contribution is 6.37. The lowest BCUT2D eigenvalue weighted by Gasteiger charge is -2.35. The molecule has 3 aromatic rings. The van der Waals surface area contributed by atoms with Crippen LogP contribution in [-0.4, -0.2) is 33.5 Å². The smallest absolute Gasteiger partial charge is 0.418 e. The summed E-state index contributed by atoms with van der Waals surface area (Å²) in [6, 6.07) is 2.42.